The smallest absolute Gasteiger partial charge is 0.261 e. The third kappa shape index (κ3) is 4.62. The fourth-order valence-electron chi connectivity index (χ4n) is 3.18. The number of carbonyl (C=O) groups excluding carboxylic acids is 1. The first kappa shape index (κ1) is 22.3. The van der Waals surface area contributed by atoms with Crippen LogP contribution in [0.3, 0.4) is 0 Å². The first-order valence-corrected chi connectivity index (χ1v) is 12.4. The number of sulfonamides is 1. The molecule has 0 aliphatic carbocycles. The van der Waals surface area contributed by atoms with Crippen LogP contribution in [0.2, 0.25) is 5.02 Å². The van der Waals surface area contributed by atoms with E-state index >= 15 is 0 Å². The van der Waals surface area contributed by atoms with Crippen LogP contribution in [0.4, 0.5) is 5.69 Å². The predicted octanol–water partition coefficient (Wildman–Crippen LogP) is 5.58. The molecule has 1 heterocycles. The zero-order valence-electron chi connectivity index (χ0n) is 17.3. The molecule has 0 spiro atoms. The van der Waals surface area contributed by atoms with Crippen molar-refractivity contribution < 1.29 is 13.2 Å². The average molecular weight is 486 g/mol. The number of amides is 1. The number of thiazole rings is 1. The van der Waals surface area contributed by atoms with Crippen LogP contribution in [0.1, 0.15) is 28.3 Å². The van der Waals surface area contributed by atoms with Crippen LogP contribution in [0, 0.1) is 0 Å². The minimum atomic E-state index is -3.89. The van der Waals surface area contributed by atoms with Gasteiger partial charge in [0.1, 0.15) is 5.01 Å². The molecule has 32 heavy (non-hydrogen) atoms. The Labute approximate surface area is 195 Å². The highest BCUT2D eigenvalue weighted by molar-refractivity contribution is 7.92. The fourth-order valence-corrected chi connectivity index (χ4v) is 5.52. The monoisotopic (exact) mass is 485 g/mol. The number of anilines is 1. The maximum Gasteiger partial charge on any atom is 0.261 e. The summed E-state index contributed by atoms with van der Waals surface area (Å²) in [5.74, 6) is -0.295. The van der Waals surface area contributed by atoms with E-state index in [1.807, 2.05) is 31.2 Å². The lowest BCUT2D eigenvalue weighted by Crippen LogP contribution is -2.29. The Bertz CT molecular complexity index is 1370. The average Bonchev–Trinajstić information content (AvgIpc) is 3.22. The largest absolute Gasteiger partial charge is 0.333 e. The molecular weight excluding hydrogens is 466 g/mol. The van der Waals surface area contributed by atoms with Crippen molar-refractivity contribution in [2.75, 3.05) is 11.8 Å². The number of para-hydroxylation sites is 1. The van der Waals surface area contributed by atoms with Crippen molar-refractivity contribution in [2.45, 2.75) is 17.9 Å². The van der Waals surface area contributed by atoms with E-state index in [9.17, 15) is 13.2 Å². The van der Waals surface area contributed by atoms with Gasteiger partial charge in [-0.1, -0.05) is 35.9 Å². The number of aromatic nitrogens is 1. The molecular formula is C23H20ClN3O3S2. The second-order valence-electron chi connectivity index (χ2n) is 7.26. The van der Waals surface area contributed by atoms with E-state index < -0.39 is 10.0 Å². The van der Waals surface area contributed by atoms with Crippen molar-refractivity contribution in [3.05, 3.63) is 88.4 Å². The van der Waals surface area contributed by atoms with E-state index in [1.54, 1.807) is 42.3 Å². The molecule has 0 aliphatic heterocycles. The Morgan fingerprint density at radius 3 is 2.56 bits per heavy atom. The molecule has 1 aromatic heterocycles. The Morgan fingerprint density at radius 1 is 1.06 bits per heavy atom. The van der Waals surface area contributed by atoms with Crippen LogP contribution in [0.25, 0.3) is 10.2 Å². The second kappa shape index (κ2) is 8.90. The maximum absolute atomic E-state index is 13.1. The first-order valence-electron chi connectivity index (χ1n) is 9.76. The summed E-state index contributed by atoms with van der Waals surface area (Å²) in [6, 6.07) is 19.9. The van der Waals surface area contributed by atoms with Crippen molar-refractivity contribution in [3.63, 3.8) is 0 Å². The van der Waals surface area contributed by atoms with Gasteiger partial charge in [0.2, 0.25) is 0 Å². The quantitative estimate of drug-likeness (QED) is 0.386. The number of hydrogen-bond acceptors (Lipinski definition) is 5. The minimum absolute atomic E-state index is 0.00985. The summed E-state index contributed by atoms with van der Waals surface area (Å²) < 4.78 is 29.2. The zero-order chi connectivity index (χ0) is 22.9. The Kier molecular flexibility index (Phi) is 6.19. The van der Waals surface area contributed by atoms with Gasteiger partial charge in [0, 0.05) is 17.6 Å². The highest BCUT2D eigenvalue weighted by Crippen LogP contribution is 2.30. The molecule has 0 saturated heterocycles. The highest BCUT2D eigenvalue weighted by atomic mass is 35.5. The van der Waals surface area contributed by atoms with Gasteiger partial charge < -0.3 is 4.90 Å². The number of nitrogens with one attached hydrogen (secondary N) is 1. The third-order valence-corrected chi connectivity index (χ3v) is 7.86. The molecule has 0 fully saturated rings. The second-order valence-corrected chi connectivity index (χ2v) is 10.4. The van der Waals surface area contributed by atoms with Gasteiger partial charge in [0.05, 0.1) is 26.8 Å². The summed E-state index contributed by atoms with van der Waals surface area (Å²) in [6.45, 7) is 1.90. The number of nitrogens with zero attached hydrogens (tertiary/aromatic N) is 2. The minimum Gasteiger partial charge on any atom is -0.333 e. The number of hydrogen-bond donors (Lipinski definition) is 1. The van der Waals surface area contributed by atoms with Gasteiger partial charge in [-0.05, 0) is 55.5 Å². The summed E-state index contributed by atoms with van der Waals surface area (Å²) in [5, 5.41) is 1.23. The molecule has 0 unspecified atom stereocenters. The lowest BCUT2D eigenvalue weighted by Gasteiger charge is -2.23. The molecule has 164 valence electrons. The zero-order valence-corrected chi connectivity index (χ0v) is 19.7. The van der Waals surface area contributed by atoms with Crippen molar-refractivity contribution in [1.29, 1.82) is 0 Å². The van der Waals surface area contributed by atoms with Gasteiger partial charge >= 0.3 is 0 Å². The van der Waals surface area contributed by atoms with E-state index in [4.69, 9.17) is 11.6 Å². The van der Waals surface area contributed by atoms with Crippen molar-refractivity contribution in [3.8, 4) is 0 Å². The Balaban J connectivity index is 1.57. The molecule has 0 saturated carbocycles. The standard InChI is InChI=1S/C23H20ClN3O3S2/c1-15(22-25-20-11-3-4-12-21(20)31-22)27(2)23(28)16-7-5-10-19(13-16)32(29,30)26-18-9-6-8-17(24)14-18/h3-15,26H,1-2H3/t15-/m1/s1. The maximum atomic E-state index is 13.1. The molecule has 0 aliphatic rings. The van der Waals surface area contributed by atoms with E-state index in [1.165, 1.54) is 29.5 Å². The van der Waals surface area contributed by atoms with Gasteiger partial charge in [0.15, 0.2) is 0 Å². The van der Waals surface area contributed by atoms with Gasteiger partial charge in [-0.2, -0.15) is 0 Å². The van der Waals surface area contributed by atoms with Crippen LogP contribution in [-0.2, 0) is 10.0 Å². The van der Waals surface area contributed by atoms with Crippen molar-refractivity contribution >= 4 is 54.8 Å². The van der Waals surface area contributed by atoms with Crippen molar-refractivity contribution in [2.24, 2.45) is 0 Å². The number of benzene rings is 3. The van der Waals surface area contributed by atoms with Crippen LogP contribution in [-0.4, -0.2) is 31.3 Å². The third-order valence-electron chi connectivity index (χ3n) is 5.04. The molecule has 9 heteroatoms. The lowest BCUT2D eigenvalue weighted by atomic mass is 10.2. The summed E-state index contributed by atoms with van der Waals surface area (Å²) in [7, 11) is -2.21. The number of rotatable bonds is 6. The van der Waals surface area contributed by atoms with Crippen LogP contribution >= 0.6 is 22.9 Å². The van der Waals surface area contributed by atoms with Crippen molar-refractivity contribution in [1.82, 2.24) is 9.88 Å². The van der Waals surface area contributed by atoms with E-state index in [-0.39, 0.29) is 22.4 Å². The molecule has 4 aromatic rings. The van der Waals surface area contributed by atoms with E-state index in [0.29, 0.717) is 10.7 Å². The highest BCUT2D eigenvalue weighted by Gasteiger charge is 2.23. The first-order chi connectivity index (χ1) is 15.2. The molecule has 1 amide bonds. The Morgan fingerprint density at radius 2 is 1.81 bits per heavy atom. The normalized spacial score (nSPS) is 12.5. The molecule has 0 bridgehead atoms. The summed E-state index contributed by atoms with van der Waals surface area (Å²) in [4.78, 5) is 19.3. The van der Waals surface area contributed by atoms with E-state index in [2.05, 4.69) is 9.71 Å². The molecule has 0 radical (unpaired) electrons. The number of halogens is 1. The van der Waals surface area contributed by atoms with Gasteiger partial charge in [-0.25, -0.2) is 13.4 Å². The molecule has 4 rings (SSSR count). The van der Waals surface area contributed by atoms with Crippen LogP contribution in [0.5, 0.6) is 0 Å². The Hall–Kier alpha value is -2.94. The molecule has 3 aromatic carbocycles. The van der Waals surface area contributed by atoms with Crippen LogP contribution < -0.4 is 4.72 Å². The molecule has 6 nitrogen and oxygen atoms in total. The van der Waals surface area contributed by atoms with Gasteiger partial charge in [-0.15, -0.1) is 11.3 Å². The summed E-state index contributed by atoms with van der Waals surface area (Å²) in [5.41, 5.74) is 1.51. The number of carbonyl (C=O) groups is 1. The molecule has 1 N–H and O–H groups in total. The van der Waals surface area contributed by atoms with Crippen LogP contribution in [0.15, 0.2) is 77.7 Å². The fraction of sp³-hybridized carbons (Fsp3) is 0.130. The summed E-state index contributed by atoms with van der Waals surface area (Å²) in [6.07, 6.45) is 0. The lowest BCUT2D eigenvalue weighted by molar-refractivity contribution is 0.0742. The SMILES string of the molecule is C[C@H](c1nc2ccccc2s1)N(C)C(=O)c1cccc(S(=O)(=O)Nc2cccc(Cl)c2)c1. The molecule has 1 atom stereocenters. The predicted molar refractivity (Wildman–Crippen MR) is 129 cm³/mol. The summed E-state index contributed by atoms with van der Waals surface area (Å²) >= 11 is 7.47. The van der Waals surface area contributed by atoms with Gasteiger partial charge in [0.25, 0.3) is 15.9 Å². The number of fused-ring (bicyclic) bond motifs is 1. The topological polar surface area (TPSA) is 79.4 Å². The van der Waals surface area contributed by atoms with Gasteiger partial charge in [-0.3, -0.25) is 9.52 Å². The van der Waals surface area contributed by atoms with E-state index in [0.717, 1.165) is 15.2 Å².